The van der Waals surface area contributed by atoms with Crippen LogP contribution in [-0.2, 0) is 0 Å². The average molecular weight is 331 g/mol. The van der Waals surface area contributed by atoms with Gasteiger partial charge in [-0.15, -0.1) is 0 Å². The predicted molar refractivity (Wildman–Crippen MR) is 74.3 cm³/mol. The zero-order valence-electron chi connectivity index (χ0n) is 9.54. The van der Waals surface area contributed by atoms with Crippen LogP contribution in [0.5, 0.6) is 0 Å². The van der Waals surface area contributed by atoms with Crippen LogP contribution in [-0.4, -0.2) is 16.5 Å². The second kappa shape index (κ2) is 5.63. The lowest BCUT2D eigenvalue weighted by Crippen LogP contribution is -2.02. The molecule has 1 aromatic heterocycles. The highest BCUT2D eigenvalue weighted by Crippen LogP contribution is 2.28. The molecule has 1 N–H and O–H groups in total. The molecule has 1 aromatic carbocycles. The predicted octanol–water partition coefficient (Wildman–Crippen LogP) is 4.13. The highest BCUT2D eigenvalue weighted by molar-refractivity contribution is 9.10. The smallest absolute Gasteiger partial charge is 0.163 e. The first-order valence-corrected chi connectivity index (χ1v) is 6.50. The third-order valence-electron chi connectivity index (χ3n) is 2.26. The molecule has 0 bridgehead atoms. The molecule has 0 aliphatic heterocycles. The summed E-state index contributed by atoms with van der Waals surface area (Å²) in [6.07, 6.45) is 1.64. The first-order chi connectivity index (χ1) is 8.61. The highest BCUT2D eigenvalue weighted by atomic mass is 79.9. The lowest BCUT2D eigenvalue weighted by molar-refractivity contribution is 0.628. The number of aromatic nitrogens is 2. The number of hydrogen-bond donors (Lipinski definition) is 1. The largest absolute Gasteiger partial charge is 0.369 e. The van der Waals surface area contributed by atoms with Gasteiger partial charge in [-0.25, -0.2) is 14.4 Å². The van der Waals surface area contributed by atoms with Crippen LogP contribution in [0.1, 0.15) is 6.92 Å². The fraction of sp³-hybridized carbons (Fsp3) is 0.167. The Morgan fingerprint density at radius 1 is 1.44 bits per heavy atom. The Morgan fingerprint density at radius 3 is 2.89 bits per heavy atom. The summed E-state index contributed by atoms with van der Waals surface area (Å²) in [4.78, 5) is 8.52. The summed E-state index contributed by atoms with van der Waals surface area (Å²) in [7, 11) is 0. The lowest BCUT2D eigenvalue weighted by atomic mass is 10.2. The third kappa shape index (κ3) is 2.79. The SMILES string of the molecule is CCNc1nc(-c2ccc(F)cc2Cl)ncc1Br. The minimum Gasteiger partial charge on any atom is -0.369 e. The number of halogens is 3. The second-order valence-corrected chi connectivity index (χ2v) is 4.81. The maximum Gasteiger partial charge on any atom is 0.163 e. The molecule has 0 saturated heterocycles. The van der Waals surface area contributed by atoms with Gasteiger partial charge in [0.15, 0.2) is 5.82 Å². The lowest BCUT2D eigenvalue weighted by Gasteiger charge is -2.08. The number of anilines is 1. The zero-order chi connectivity index (χ0) is 13.1. The molecule has 2 aromatic rings. The monoisotopic (exact) mass is 329 g/mol. The summed E-state index contributed by atoms with van der Waals surface area (Å²) in [6, 6.07) is 4.14. The highest BCUT2D eigenvalue weighted by Gasteiger charge is 2.10. The number of nitrogens with zero attached hydrogens (tertiary/aromatic N) is 2. The van der Waals surface area contributed by atoms with Crippen molar-refractivity contribution in [1.29, 1.82) is 0 Å². The third-order valence-corrected chi connectivity index (χ3v) is 3.15. The van der Waals surface area contributed by atoms with Crippen molar-refractivity contribution in [2.24, 2.45) is 0 Å². The Kier molecular flexibility index (Phi) is 4.14. The van der Waals surface area contributed by atoms with E-state index in [1.807, 2.05) is 6.92 Å². The van der Waals surface area contributed by atoms with E-state index < -0.39 is 0 Å². The molecule has 0 atom stereocenters. The van der Waals surface area contributed by atoms with E-state index >= 15 is 0 Å². The fourth-order valence-electron chi connectivity index (χ4n) is 1.46. The standard InChI is InChI=1S/C12H10BrClFN3/c1-2-16-12-9(13)6-17-11(18-12)8-4-3-7(15)5-10(8)14/h3-6H,2H2,1H3,(H,16,17,18). The van der Waals surface area contributed by atoms with Gasteiger partial charge >= 0.3 is 0 Å². The van der Waals surface area contributed by atoms with E-state index in [4.69, 9.17) is 11.6 Å². The molecule has 0 unspecified atom stereocenters. The van der Waals surface area contributed by atoms with Crippen LogP contribution in [0.3, 0.4) is 0 Å². The van der Waals surface area contributed by atoms with Crippen molar-refractivity contribution in [3.63, 3.8) is 0 Å². The van der Waals surface area contributed by atoms with E-state index in [1.54, 1.807) is 12.3 Å². The molecule has 0 aliphatic rings. The normalized spacial score (nSPS) is 10.4. The molecule has 0 fully saturated rings. The Balaban J connectivity index is 2.47. The Hall–Kier alpha value is -1.20. The van der Waals surface area contributed by atoms with Gasteiger partial charge in [0.2, 0.25) is 0 Å². The first kappa shape index (κ1) is 13.2. The molecule has 1 heterocycles. The van der Waals surface area contributed by atoms with Gasteiger partial charge in [-0.2, -0.15) is 0 Å². The van der Waals surface area contributed by atoms with Crippen LogP contribution >= 0.6 is 27.5 Å². The quantitative estimate of drug-likeness (QED) is 0.919. The average Bonchev–Trinajstić information content (AvgIpc) is 2.33. The van der Waals surface area contributed by atoms with E-state index in [1.165, 1.54) is 12.1 Å². The van der Waals surface area contributed by atoms with Crippen molar-refractivity contribution >= 4 is 33.3 Å². The summed E-state index contributed by atoms with van der Waals surface area (Å²) < 4.78 is 13.8. The molecule has 3 nitrogen and oxygen atoms in total. The molecular formula is C12H10BrClFN3. The minimum atomic E-state index is -0.382. The second-order valence-electron chi connectivity index (χ2n) is 3.54. The van der Waals surface area contributed by atoms with Crippen molar-refractivity contribution in [2.75, 3.05) is 11.9 Å². The van der Waals surface area contributed by atoms with Crippen molar-refractivity contribution in [3.8, 4) is 11.4 Å². The molecule has 2 rings (SSSR count). The van der Waals surface area contributed by atoms with E-state index in [9.17, 15) is 4.39 Å². The molecule has 18 heavy (non-hydrogen) atoms. The van der Waals surface area contributed by atoms with Crippen LogP contribution in [0.25, 0.3) is 11.4 Å². The molecule has 0 amide bonds. The van der Waals surface area contributed by atoms with Crippen LogP contribution in [0.4, 0.5) is 10.2 Å². The fourth-order valence-corrected chi connectivity index (χ4v) is 2.04. The van der Waals surface area contributed by atoms with Gasteiger partial charge in [-0.05, 0) is 41.1 Å². The van der Waals surface area contributed by atoms with Gasteiger partial charge in [0, 0.05) is 18.3 Å². The zero-order valence-corrected chi connectivity index (χ0v) is 11.9. The van der Waals surface area contributed by atoms with Crippen molar-refractivity contribution in [2.45, 2.75) is 6.92 Å². The topological polar surface area (TPSA) is 37.8 Å². The maximum absolute atomic E-state index is 13.0. The van der Waals surface area contributed by atoms with Crippen molar-refractivity contribution in [1.82, 2.24) is 9.97 Å². The summed E-state index contributed by atoms with van der Waals surface area (Å²) in [5.41, 5.74) is 0.602. The van der Waals surface area contributed by atoms with Crippen LogP contribution < -0.4 is 5.32 Å². The Bertz CT molecular complexity index is 577. The molecule has 6 heteroatoms. The molecule has 0 aliphatic carbocycles. The van der Waals surface area contributed by atoms with Gasteiger partial charge in [-0.3, -0.25) is 0 Å². The van der Waals surface area contributed by atoms with E-state index in [2.05, 4.69) is 31.2 Å². The summed E-state index contributed by atoms with van der Waals surface area (Å²) in [5, 5.41) is 3.39. The summed E-state index contributed by atoms with van der Waals surface area (Å²) in [5.74, 6) is 0.759. The first-order valence-electron chi connectivity index (χ1n) is 5.33. The van der Waals surface area contributed by atoms with Crippen molar-refractivity contribution < 1.29 is 4.39 Å². The molecule has 0 spiro atoms. The van der Waals surface area contributed by atoms with Gasteiger partial charge < -0.3 is 5.32 Å². The minimum absolute atomic E-state index is 0.291. The van der Waals surface area contributed by atoms with Crippen molar-refractivity contribution in [3.05, 3.63) is 39.7 Å². The maximum atomic E-state index is 13.0. The van der Waals surface area contributed by atoms with Crippen LogP contribution in [0, 0.1) is 5.82 Å². The molecular weight excluding hydrogens is 321 g/mol. The number of rotatable bonds is 3. The van der Waals surface area contributed by atoms with Gasteiger partial charge in [-0.1, -0.05) is 11.6 Å². The van der Waals surface area contributed by atoms with E-state index in [-0.39, 0.29) is 5.82 Å². The van der Waals surface area contributed by atoms with E-state index in [0.717, 1.165) is 11.0 Å². The number of benzene rings is 1. The number of hydrogen-bond acceptors (Lipinski definition) is 3. The Labute approximate surface area is 118 Å². The van der Waals surface area contributed by atoms with Gasteiger partial charge in [0.05, 0.1) is 9.50 Å². The molecule has 94 valence electrons. The molecule has 0 radical (unpaired) electrons. The van der Waals surface area contributed by atoms with Gasteiger partial charge in [0.1, 0.15) is 11.6 Å². The summed E-state index contributed by atoms with van der Waals surface area (Å²) in [6.45, 7) is 2.71. The Morgan fingerprint density at radius 2 is 2.22 bits per heavy atom. The van der Waals surface area contributed by atoms with E-state index in [0.29, 0.717) is 22.2 Å². The van der Waals surface area contributed by atoms with Crippen LogP contribution in [0.2, 0.25) is 5.02 Å². The van der Waals surface area contributed by atoms with Gasteiger partial charge in [0.25, 0.3) is 0 Å². The number of nitrogens with one attached hydrogen (secondary N) is 1. The molecule has 0 saturated carbocycles. The summed E-state index contributed by atoms with van der Waals surface area (Å²) >= 11 is 9.33. The van der Waals surface area contributed by atoms with Crippen LogP contribution in [0.15, 0.2) is 28.9 Å².